The normalized spacial score (nSPS) is 10.0. The second-order valence-corrected chi connectivity index (χ2v) is 4.36. The highest BCUT2D eigenvalue weighted by molar-refractivity contribution is 5.86. The second-order valence-electron chi connectivity index (χ2n) is 4.36. The van der Waals surface area contributed by atoms with Gasteiger partial charge in [0.05, 0.1) is 7.11 Å². The number of methoxy groups -OCH3 is 1. The van der Waals surface area contributed by atoms with Crippen molar-refractivity contribution in [2.24, 2.45) is 0 Å². The Morgan fingerprint density at radius 1 is 1.00 bits per heavy atom. The third-order valence-corrected chi connectivity index (χ3v) is 3.02. The molecule has 0 unspecified atom stereocenters. The lowest BCUT2D eigenvalue weighted by Crippen LogP contribution is -2.25. The molecule has 0 radical (unpaired) electrons. The van der Waals surface area contributed by atoms with Crippen molar-refractivity contribution in [2.45, 2.75) is 6.42 Å². The Bertz CT molecular complexity index is 534. The Kier molecular flexibility index (Phi) is 4.18. The molecule has 3 nitrogen and oxygen atoms in total. The van der Waals surface area contributed by atoms with Gasteiger partial charge in [0.15, 0.2) is 0 Å². The first-order valence-electron chi connectivity index (χ1n) is 6.15. The van der Waals surface area contributed by atoms with Gasteiger partial charge in [0.25, 0.3) is 0 Å². The topological polar surface area (TPSA) is 29.5 Å². The average Bonchev–Trinajstić information content (AvgIpc) is 2.47. The zero-order chi connectivity index (χ0) is 13.7. The molecule has 0 heterocycles. The molecule has 3 heteroatoms. The first kappa shape index (κ1) is 13.1. The van der Waals surface area contributed by atoms with Gasteiger partial charge in [-0.15, -0.1) is 0 Å². The zero-order valence-corrected chi connectivity index (χ0v) is 11.2. The van der Waals surface area contributed by atoms with Gasteiger partial charge < -0.3 is 4.74 Å². The van der Waals surface area contributed by atoms with Crippen LogP contribution in [0.3, 0.4) is 0 Å². The van der Waals surface area contributed by atoms with Gasteiger partial charge >= 0.3 is 6.09 Å². The summed E-state index contributed by atoms with van der Waals surface area (Å²) in [6.07, 6.45) is 0.527. The molecule has 0 aliphatic carbocycles. The van der Waals surface area contributed by atoms with E-state index >= 15 is 0 Å². The number of nitrogens with zero attached hydrogens (tertiary/aromatic N) is 1. The monoisotopic (exact) mass is 255 g/mol. The van der Waals surface area contributed by atoms with Crippen LogP contribution in [-0.4, -0.2) is 20.3 Å². The summed E-state index contributed by atoms with van der Waals surface area (Å²) in [5, 5.41) is 0. The van der Waals surface area contributed by atoms with Crippen molar-refractivity contribution in [3.05, 3.63) is 65.7 Å². The largest absolute Gasteiger partial charge is 0.452 e. The minimum Gasteiger partial charge on any atom is -0.452 e. The number of hydrogen-bond acceptors (Lipinski definition) is 2. The van der Waals surface area contributed by atoms with E-state index in [-0.39, 0.29) is 6.09 Å². The number of rotatable bonds is 3. The van der Waals surface area contributed by atoms with Gasteiger partial charge in [-0.3, -0.25) is 4.90 Å². The highest BCUT2D eigenvalue weighted by Crippen LogP contribution is 2.16. The van der Waals surface area contributed by atoms with Crippen molar-refractivity contribution in [1.82, 2.24) is 0 Å². The number of hydrogen-bond donors (Lipinski definition) is 0. The summed E-state index contributed by atoms with van der Waals surface area (Å²) < 4.78 is 4.68. The van der Waals surface area contributed by atoms with E-state index in [1.165, 1.54) is 23.1 Å². The maximum atomic E-state index is 11.4. The predicted molar refractivity (Wildman–Crippen MR) is 76.5 cm³/mol. The molecule has 2 aromatic rings. The van der Waals surface area contributed by atoms with Crippen molar-refractivity contribution < 1.29 is 9.53 Å². The summed E-state index contributed by atoms with van der Waals surface area (Å²) in [4.78, 5) is 12.9. The number of amides is 1. The highest BCUT2D eigenvalue weighted by Gasteiger charge is 2.09. The van der Waals surface area contributed by atoms with Crippen molar-refractivity contribution in [2.75, 3.05) is 19.1 Å². The lowest BCUT2D eigenvalue weighted by atomic mass is 10.0. The number of anilines is 1. The smallest absolute Gasteiger partial charge is 0.413 e. The number of carbonyl (C=O) groups excluding carboxylic acids is 1. The van der Waals surface area contributed by atoms with Gasteiger partial charge in [-0.1, -0.05) is 42.5 Å². The van der Waals surface area contributed by atoms with E-state index in [1.807, 2.05) is 42.5 Å². The van der Waals surface area contributed by atoms with E-state index in [9.17, 15) is 4.79 Å². The molecule has 2 rings (SSSR count). The molecule has 19 heavy (non-hydrogen) atoms. The van der Waals surface area contributed by atoms with Crippen molar-refractivity contribution in [3.63, 3.8) is 0 Å². The molecule has 0 saturated carbocycles. The Hall–Kier alpha value is -2.29. The Balaban J connectivity index is 2.08. The SMILES string of the molecule is COC(=O)N(C)c1ccc(Cc2ccccc2)cc1. The Morgan fingerprint density at radius 2 is 1.58 bits per heavy atom. The van der Waals surface area contributed by atoms with Crippen LogP contribution in [0.15, 0.2) is 54.6 Å². The minimum atomic E-state index is -0.365. The number of ether oxygens (including phenoxy) is 1. The molecule has 1 amide bonds. The maximum Gasteiger partial charge on any atom is 0.413 e. The molecular weight excluding hydrogens is 238 g/mol. The van der Waals surface area contributed by atoms with Crippen LogP contribution in [0.4, 0.5) is 10.5 Å². The molecule has 0 N–H and O–H groups in total. The van der Waals surface area contributed by atoms with Crippen LogP contribution >= 0.6 is 0 Å². The standard InChI is InChI=1S/C16H17NO2/c1-17(16(18)19-2)15-10-8-14(9-11-15)12-13-6-4-3-5-7-13/h3-11H,12H2,1-2H3. The predicted octanol–water partition coefficient (Wildman–Crippen LogP) is 3.48. The van der Waals surface area contributed by atoms with E-state index in [1.54, 1.807) is 7.05 Å². The molecule has 0 aliphatic heterocycles. The van der Waals surface area contributed by atoms with Crippen LogP contribution in [0.2, 0.25) is 0 Å². The Morgan fingerprint density at radius 3 is 2.16 bits per heavy atom. The van der Waals surface area contributed by atoms with Crippen LogP contribution in [0.5, 0.6) is 0 Å². The van der Waals surface area contributed by atoms with Gasteiger partial charge in [-0.05, 0) is 29.7 Å². The molecule has 0 fully saturated rings. The Labute approximate surface area is 113 Å². The maximum absolute atomic E-state index is 11.4. The fraction of sp³-hybridized carbons (Fsp3) is 0.188. The first-order valence-corrected chi connectivity index (χ1v) is 6.15. The molecule has 0 bridgehead atoms. The van der Waals surface area contributed by atoms with Gasteiger partial charge in [-0.2, -0.15) is 0 Å². The van der Waals surface area contributed by atoms with Gasteiger partial charge in [0.2, 0.25) is 0 Å². The zero-order valence-electron chi connectivity index (χ0n) is 11.2. The lowest BCUT2D eigenvalue weighted by Gasteiger charge is -2.15. The molecule has 98 valence electrons. The van der Waals surface area contributed by atoms with Gasteiger partial charge in [0.1, 0.15) is 0 Å². The second kappa shape index (κ2) is 6.05. The summed E-state index contributed by atoms with van der Waals surface area (Å²) in [7, 11) is 3.07. The summed E-state index contributed by atoms with van der Waals surface area (Å²) in [6, 6.07) is 18.2. The van der Waals surface area contributed by atoms with Crippen LogP contribution in [-0.2, 0) is 11.2 Å². The third-order valence-electron chi connectivity index (χ3n) is 3.02. The number of benzene rings is 2. The van der Waals surface area contributed by atoms with E-state index in [0.717, 1.165) is 12.1 Å². The summed E-state index contributed by atoms with van der Waals surface area (Å²) in [5.41, 5.74) is 3.31. The molecule has 0 spiro atoms. The average molecular weight is 255 g/mol. The van der Waals surface area contributed by atoms with E-state index in [0.29, 0.717) is 0 Å². The van der Waals surface area contributed by atoms with Crippen LogP contribution < -0.4 is 4.90 Å². The van der Waals surface area contributed by atoms with E-state index in [4.69, 9.17) is 0 Å². The van der Waals surface area contributed by atoms with Gasteiger partial charge in [0, 0.05) is 12.7 Å². The van der Waals surface area contributed by atoms with Crippen molar-refractivity contribution >= 4 is 11.8 Å². The minimum absolute atomic E-state index is 0.365. The molecule has 2 aromatic carbocycles. The molecular formula is C16H17NO2. The molecule has 0 atom stereocenters. The van der Waals surface area contributed by atoms with Crippen molar-refractivity contribution in [1.29, 1.82) is 0 Å². The number of carbonyl (C=O) groups is 1. The molecule has 0 aliphatic rings. The third kappa shape index (κ3) is 3.35. The van der Waals surface area contributed by atoms with Gasteiger partial charge in [-0.25, -0.2) is 4.79 Å². The lowest BCUT2D eigenvalue weighted by molar-refractivity contribution is 0.180. The van der Waals surface area contributed by atoms with E-state index < -0.39 is 0 Å². The van der Waals surface area contributed by atoms with Crippen LogP contribution in [0.25, 0.3) is 0 Å². The summed E-state index contributed by atoms with van der Waals surface area (Å²) in [6.45, 7) is 0. The molecule has 0 saturated heterocycles. The summed E-state index contributed by atoms with van der Waals surface area (Å²) >= 11 is 0. The fourth-order valence-corrected chi connectivity index (χ4v) is 1.91. The highest BCUT2D eigenvalue weighted by atomic mass is 16.5. The van der Waals surface area contributed by atoms with Crippen molar-refractivity contribution in [3.8, 4) is 0 Å². The van der Waals surface area contributed by atoms with Crippen LogP contribution in [0, 0.1) is 0 Å². The first-order chi connectivity index (χ1) is 9.20. The molecule has 0 aromatic heterocycles. The fourth-order valence-electron chi connectivity index (χ4n) is 1.91. The van der Waals surface area contributed by atoms with Crippen LogP contribution in [0.1, 0.15) is 11.1 Å². The quantitative estimate of drug-likeness (QED) is 0.840. The summed E-state index contributed by atoms with van der Waals surface area (Å²) in [5.74, 6) is 0. The van der Waals surface area contributed by atoms with E-state index in [2.05, 4.69) is 16.9 Å².